The predicted molar refractivity (Wildman–Crippen MR) is 244 cm³/mol. The van der Waals surface area contributed by atoms with E-state index in [1.165, 1.54) is 38.3 Å². The maximum absolute atomic E-state index is 4.20. The fraction of sp³-hybridized carbons (Fsp3) is 0. The quantitative estimate of drug-likeness (QED) is 0.155. The first-order valence-corrected chi connectivity index (χ1v) is 19.9. The highest BCUT2D eigenvalue weighted by atomic mass is 15.1. The van der Waals surface area contributed by atoms with E-state index in [4.69, 9.17) is 0 Å². The Morgan fingerprint density at radius 3 is 1.34 bits per heavy atom. The highest BCUT2D eigenvalue weighted by molar-refractivity contribution is 6.14. The van der Waals surface area contributed by atoms with E-state index in [0.717, 1.165) is 56.3 Å². The largest absolute Gasteiger partial charge is 0.316 e. The molecule has 0 unspecified atom stereocenters. The van der Waals surface area contributed by atoms with Crippen molar-refractivity contribution < 1.29 is 0 Å². The second-order valence-corrected chi connectivity index (χ2v) is 14.8. The van der Waals surface area contributed by atoms with Gasteiger partial charge in [-0.3, -0.25) is 9.97 Å². The average Bonchev–Trinajstić information content (AvgIpc) is 3.88. The normalized spacial score (nSPS) is 11.4. The predicted octanol–water partition coefficient (Wildman–Crippen LogP) is 14.0. The minimum absolute atomic E-state index is 1.08. The molecule has 5 nitrogen and oxygen atoms in total. The molecule has 0 aliphatic rings. The topological polar surface area (TPSA) is 38.9 Å². The summed E-state index contributed by atoms with van der Waals surface area (Å²) >= 11 is 0. The molecule has 0 saturated heterocycles. The van der Waals surface area contributed by atoms with Crippen LogP contribution in [0.1, 0.15) is 0 Å². The van der Waals surface area contributed by atoms with E-state index < -0.39 is 0 Å². The Hall–Kier alpha value is -8.02. The zero-order chi connectivity index (χ0) is 39.1. The second kappa shape index (κ2) is 14.5. The van der Waals surface area contributed by atoms with Gasteiger partial charge in [0.25, 0.3) is 0 Å². The molecule has 0 spiro atoms. The zero-order valence-corrected chi connectivity index (χ0v) is 32.1. The molecule has 0 N–H and O–H groups in total. The lowest BCUT2D eigenvalue weighted by Gasteiger charge is -2.26. The van der Waals surface area contributed by atoms with Gasteiger partial charge in [0, 0.05) is 75.6 Å². The third-order valence-electron chi connectivity index (χ3n) is 11.4. The summed E-state index contributed by atoms with van der Waals surface area (Å²) in [4.78, 5) is 10.7. The SMILES string of the molecule is c1ccc(-n2ccc3cc4c5cc(-c6ccc(N(c7ccc(-c8ccncc8)cc7)c7ccc(-c8ccncc8)cc7)cc6)ccc5n(-c5ccccc5)c4cc32)cc1. The maximum Gasteiger partial charge on any atom is 0.0562 e. The van der Waals surface area contributed by atoms with Crippen LogP contribution < -0.4 is 4.90 Å². The summed E-state index contributed by atoms with van der Waals surface area (Å²) in [6.45, 7) is 0. The number of para-hydroxylation sites is 2. The van der Waals surface area contributed by atoms with Gasteiger partial charge in [0.1, 0.15) is 0 Å². The van der Waals surface area contributed by atoms with Gasteiger partial charge in [0.05, 0.1) is 16.6 Å². The molecule has 0 bridgehead atoms. The molecule has 7 aromatic carbocycles. The molecule has 0 saturated carbocycles. The van der Waals surface area contributed by atoms with Gasteiger partial charge in [0.2, 0.25) is 0 Å². The molecule has 59 heavy (non-hydrogen) atoms. The molecule has 5 heteroatoms. The summed E-state index contributed by atoms with van der Waals surface area (Å²) in [7, 11) is 0. The molecular formula is C54H37N5. The molecule has 0 fully saturated rings. The van der Waals surface area contributed by atoms with E-state index >= 15 is 0 Å². The van der Waals surface area contributed by atoms with E-state index in [9.17, 15) is 0 Å². The molecular weight excluding hydrogens is 719 g/mol. The van der Waals surface area contributed by atoms with Crippen molar-refractivity contribution in [2.45, 2.75) is 0 Å². The average molecular weight is 756 g/mol. The van der Waals surface area contributed by atoms with Crippen LogP contribution in [0.5, 0.6) is 0 Å². The summed E-state index contributed by atoms with van der Waals surface area (Å²) in [5.74, 6) is 0. The Morgan fingerprint density at radius 2 is 0.797 bits per heavy atom. The van der Waals surface area contributed by atoms with Crippen LogP contribution in [-0.4, -0.2) is 19.1 Å². The van der Waals surface area contributed by atoms with Crippen molar-refractivity contribution in [2.24, 2.45) is 0 Å². The molecule has 0 aliphatic heterocycles. The maximum atomic E-state index is 4.20. The van der Waals surface area contributed by atoms with Crippen LogP contribution in [0.2, 0.25) is 0 Å². The molecule has 11 aromatic rings. The van der Waals surface area contributed by atoms with Gasteiger partial charge < -0.3 is 14.0 Å². The van der Waals surface area contributed by atoms with Crippen molar-refractivity contribution in [3.05, 3.63) is 225 Å². The Kier molecular flexibility index (Phi) is 8.41. The molecule has 11 rings (SSSR count). The minimum atomic E-state index is 1.08. The van der Waals surface area contributed by atoms with Gasteiger partial charge in [-0.1, -0.05) is 78.9 Å². The van der Waals surface area contributed by atoms with Gasteiger partial charge in [-0.05, 0) is 149 Å². The van der Waals surface area contributed by atoms with Crippen LogP contribution in [0, 0.1) is 0 Å². The smallest absolute Gasteiger partial charge is 0.0562 e. The number of aromatic nitrogens is 4. The third-order valence-corrected chi connectivity index (χ3v) is 11.4. The number of anilines is 3. The van der Waals surface area contributed by atoms with Crippen molar-refractivity contribution in [1.82, 2.24) is 19.1 Å². The van der Waals surface area contributed by atoms with Crippen LogP contribution in [0.15, 0.2) is 225 Å². The highest BCUT2D eigenvalue weighted by Gasteiger charge is 2.18. The molecule has 0 atom stereocenters. The number of fused-ring (bicyclic) bond motifs is 4. The Balaban J connectivity index is 1.00. The number of benzene rings is 7. The monoisotopic (exact) mass is 755 g/mol. The number of nitrogens with zero attached hydrogens (tertiary/aromatic N) is 5. The Bertz CT molecular complexity index is 3130. The van der Waals surface area contributed by atoms with Gasteiger partial charge in [-0.25, -0.2) is 0 Å². The van der Waals surface area contributed by atoms with Gasteiger partial charge in [-0.2, -0.15) is 0 Å². The number of hydrogen-bond donors (Lipinski definition) is 0. The van der Waals surface area contributed by atoms with Crippen LogP contribution >= 0.6 is 0 Å². The first-order chi connectivity index (χ1) is 29.2. The van der Waals surface area contributed by atoms with Gasteiger partial charge in [0.15, 0.2) is 0 Å². The lowest BCUT2D eigenvalue weighted by Crippen LogP contribution is -2.09. The van der Waals surface area contributed by atoms with E-state index in [2.05, 4.69) is 200 Å². The van der Waals surface area contributed by atoms with E-state index in [1.54, 1.807) is 0 Å². The van der Waals surface area contributed by atoms with Crippen molar-refractivity contribution >= 4 is 49.8 Å². The third kappa shape index (κ3) is 6.22. The summed E-state index contributed by atoms with van der Waals surface area (Å²) in [5, 5.41) is 3.67. The molecule has 0 radical (unpaired) electrons. The van der Waals surface area contributed by atoms with E-state index in [1.807, 2.05) is 49.1 Å². The zero-order valence-electron chi connectivity index (χ0n) is 32.1. The molecule has 0 aliphatic carbocycles. The molecule has 0 amide bonds. The summed E-state index contributed by atoms with van der Waals surface area (Å²) in [6, 6.07) is 69.7. The first kappa shape index (κ1) is 34.2. The number of hydrogen-bond acceptors (Lipinski definition) is 3. The van der Waals surface area contributed by atoms with Crippen LogP contribution in [0.4, 0.5) is 17.1 Å². The molecule has 4 aromatic heterocycles. The summed E-state index contributed by atoms with van der Waals surface area (Å²) in [5.41, 5.74) is 16.0. The Labute approximate surface area is 342 Å². The van der Waals surface area contributed by atoms with Crippen molar-refractivity contribution in [1.29, 1.82) is 0 Å². The number of pyridine rings is 2. The molecule has 4 heterocycles. The highest BCUT2D eigenvalue weighted by Crippen LogP contribution is 2.40. The van der Waals surface area contributed by atoms with E-state index in [0.29, 0.717) is 0 Å². The standard InChI is InChI=1S/C54H37N5/c1-3-7-45(8-4-1)57-34-29-44-36-51-50-35-43(17-24-52(50)59(54(51)37-53(44)57)46-9-5-2-6-10-46)40-15-22-49(23-16-40)58(47-18-11-38(12-19-47)41-25-30-55-31-26-41)48-20-13-39(14-21-48)42-27-32-56-33-28-42/h1-37H. The van der Waals surface area contributed by atoms with Crippen LogP contribution in [-0.2, 0) is 0 Å². The second-order valence-electron chi connectivity index (χ2n) is 14.8. The van der Waals surface area contributed by atoms with Gasteiger partial charge >= 0.3 is 0 Å². The fourth-order valence-corrected chi connectivity index (χ4v) is 8.44. The minimum Gasteiger partial charge on any atom is -0.316 e. The van der Waals surface area contributed by atoms with Crippen molar-refractivity contribution in [2.75, 3.05) is 4.90 Å². The van der Waals surface area contributed by atoms with Crippen molar-refractivity contribution in [3.63, 3.8) is 0 Å². The molecule has 278 valence electrons. The Morgan fingerprint density at radius 1 is 0.339 bits per heavy atom. The summed E-state index contributed by atoms with van der Waals surface area (Å²) < 4.78 is 4.68. The van der Waals surface area contributed by atoms with Crippen molar-refractivity contribution in [3.8, 4) is 44.8 Å². The fourth-order valence-electron chi connectivity index (χ4n) is 8.44. The van der Waals surface area contributed by atoms with Gasteiger partial charge in [-0.15, -0.1) is 0 Å². The lowest BCUT2D eigenvalue weighted by atomic mass is 10.0. The lowest BCUT2D eigenvalue weighted by molar-refractivity contribution is 1.12. The summed E-state index contributed by atoms with van der Waals surface area (Å²) in [6.07, 6.45) is 9.52. The van der Waals surface area contributed by atoms with Crippen LogP contribution in [0.3, 0.4) is 0 Å². The van der Waals surface area contributed by atoms with E-state index in [-0.39, 0.29) is 0 Å². The van der Waals surface area contributed by atoms with Crippen LogP contribution in [0.25, 0.3) is 77.5 Å². The first-order valence-electron chi connectivity index (χ1n) is 19.9. The number of rotatable bonds is 8.